The lowest BCUT2D eigenvalue weighted by molar-refractivity contribution is 0.203. The molecule has 0 spiro atoms. The van der Waals surface area contributed by atoms with E-state index in [1.54, 1.807) is 7.11 Å². The van der Waals surface area contributed by atoms with Crippen LogP contribution in [0.4, 0.5) is 5.69 Å². The van der Waals surface area contributed by atoms with Gasteiger partial charge in [0.25, 0.3) is 0 Å². The lowest BCUT2D eigenvalue weighted by atomic mass is 10.1. The topological polar surface area (TPSA) is 71.1 Å². The van der Waals surface area contributed by atoms with Gasteiger partial charge in [-0.25, -0.2) is 0 Å². The molecule has 0 saturated heterocycles. The lowest BCUT2D eigenvalue weighted by Gasteiger charge is -2.31. The maximum Gasteiger partial charge on any atom is 0.171 e. The highest BCUT2D eigenvalue weighted by Crippen LogP contribution is 2.26. The molecule has 112 valence electrons. The van der Waals surface area contributed by atoms with Crippen LogP contribution in [0.2, 0.25) is 0 Å². The second-order valence-electron chi connectivity index (χ2n) is 4.59. The minimum atomic E-state index is 0.0930. The maximum atomic E-state index is 8.75. The molecule has 0 radical (unpaired) electrons. The van der Waals surface area contributed by atoms with Crippen LogP contribution in [0.25, 0.3) is 0 Å². The van der Waals surface area contributed by atoms with Crippen molar-refractivity contribution in [2.75, 3.05) is 25.2 Å². The first-order valence-corrected chi connectivity index (χ1v) is 7.37. The molecule has 1 rings (SSSR count). The number of rotatable bonds is 7. The van der Waals surface area contributed by atoms with E-state index in [2.05, 4.69) is 39.8 Å². The van der Waals surface area contributed by atoms with E-state index < -0.39 is 0 Å². The molecule has 0 bridgehead atoms. The van der Waals surface area contributed by atoms with Crippen LogP contribution in [0.1, 0.15) is 25.8 Å². The van der Waals surface area contributed by atoms with Crippen molar-refractivity contribution in [3.05, 3.63) is 28.2 Å². The number of oxime groups is 1. The van der Waals surface area contributed by atoms with Gasteiger partial charge in [-0.15, -0.1) is 0 Å². The van der Waals surface area contributed by atoms with Crippen molar-refractivity contribution in [3.63, 3.8) is 0 Å². The molecular formula is C14H22BrN3O2. The van der Waals surface area contributed by atoms with Crippen LogP contribution in [0.5, 0.6) is 0 Å². The highest BCUT2D eigenvalue weighted by molar-refractivity contribution is 9.10. The summed E-state index contributed by atoms with van der Waals surface area (Å²) >= 11 is 3.47. The SMILES string of the molecule is CCC(C)N(CCOC)c1ccc(/C(N)=N/O)c(Br)c1. The van der Waals surface area contributed by atoms with E-state index in [0.717, 1.165) is 23.1 Å². The Bertz CT molecular complexity index is 466. The van der Waals surface area contributed by atoms with Gasteiger partial charge < -0.3 is 20.6 Å². The summed E-state index contributed by atoms with van der Waals surface area (Å²) in [5, 5.41) is 11.8. The number of methoxy groups -OCH3 is 1. The largest absolute Gasteiger partial charge is 0.409 e. The third-order valence-electron chi connectivity index (χ3n) is 3.33. The predicted molar refractivity (Wildman–Crippen MR) is 85.6 cm³/mol. The number of anilines is 1. The zero-order chi connectivity index (χ0) is 15.1. The van der Waals surface area contributed by atoms with Crippen LogP contribution in [-0.4, -0.2) is 37.3 Å². The first kappa shape index (κ1) is 16.8. The summed E-state index contributed by atoms with van der Waals surface area (Å²) in [5.74, 6) is 0.0930. The molecule has 0 aliphatic rings. The third kappa shape index (κ3) is 4.11. The number of nitrogens with zero attached hydrogens (tertiary/aromatic N) is 2. The highest BCUT2D eigenvalue weighted by atomic mass is 79.9. The maximum absolute atomic E-state index is 8.75. The van der Waals surface area contributed by atoms with E-state index in [1.807, 2.05) is 18.2 Å². The van der Waals surface area contributed by atoms with Crippen molar-refractivity contribution in [1.82, 2.24) is 0 Å². The Kier molecular flexibility index (Phi) is 6.81. The van der Waals surface area contributed by atoms with E-state index in [0.29, 0.717) is 18.2 Å². The first-order valence-electron chi connectivity index (χ1n) is 6.58. The van der Waals surface area contributed by atoms with Gasteiger partial charge >= 0.3 is 0 Å². The van der Waals surface area contributed by atoms with Gasteiger partial charge in [0, 0.05) is 35.4 Å². The standard InChI is InChI=1S/C14H22BrN3O2/c1-4-10(2)18(7-8-20-3)11-5-6-12(13(15)9-11)14(16)17-19/h5-6,9-10,19H,4,7-8H2,1-3H3,(H2,16,17). The zero-order valence-corrected chi connectivity index (χ0v) is 13.7. The summed E-state index contributed by atoms with van der Waals surface area (Å²) in [6, 6.07) is 6.21. The van der Waals surface area contributed by atoms with Crippen molar-refractivity contribution in [2.45, 2.75) is 26.3 Å². The zero-order valence-electron chi connectivity index (χ0n) is 12.1. The van der Waals surface area contributed by atoms with E-state index in [1.165, 1.54) is 0 Å². The van der Waals surface area contributed by atoms with Gasteiger partial charge in [-0.1, -0.05) is 12.1 Å². The molecule has 0 amide bonds. The number of hydrogen-bond acceptors (Lipinski definition) is 4. The van der Waals surface area contributed by atoms with Gasteiger partial charge in [0.2, 0.25) is 0 Å². The number of halogens is 1. The molecule has 1 atom stereocenters. The van der Waals surface area contributed by atoms with E-state index in [-0.39, 0.29) is 5.84 Å². The summed E-state index contributed by atoms with van der Waals surface area (Å²) in [6.07, 6.45) is 1.04. The molecule has 0 aliphatic heterocycles. The summed E-state index contributed by atoms with van der Waals surface area (Å²) in [6.45, 7) is 5.83. The Morgan fingerprint density at radius 1 is 1.55 bits per heavy atom. The van der Waals surface area contributed by atoms with Crippen molar-refractivity contribution < 1.29 is 9.94 Å². The van der Waals surface area contributed by atoms with Gasteiger partial charge in [0.05, 0.1) is 6.61 Å². The number of nitrogens with two attached hydrogens (primary N) is 1. The molecule has 6 heteroatoms. The molecule has 3 N–H and O–H groups in total. The van der Waals surface area contributed by atoms with Crippen molar-refractivity contribution in [1.29, 1.82) is 0 Å². The van der Waals surface area contributed by atoms with Crippen LogP contribution in [0.3, 0.4) is 0 Å². The Labute approximate surface area is 128 Å². The fraction of sp³-hybridized carbons (Fsp3) is 0.500. The van der Waals surface area contributed by atoms with Crippen LogP contribution in [0, 0.1) is 0 Å². The number of ether oxygens (including phenoxy) is 1. The number of amidine groups is 1. The minimum absolute atomic E-state index is 0.0930. The van der Waals surface area contributed by atoms with Crippen LogP contribution in [0.15, 0.2) is 27.8 Å². The summed E-state index contributed by atoms with van der Waals surface area (Å²) in [5.41, 5.74) is 7.38. The molecule has 0 heterocycles. The summed E-state index contributed by atoms with van der Waals surface area (Å²) in [7, 11) is 1.70. The highest BCUT2D eigenvalue weighted by Gasteiger charge is 2.15. The Morgan fingerprint density at radius 2 is 2.25 bits per heavy atom. The van der Waals surface area contributed by atoms with Crippen LogP contribution in [-0.2, 0) is 4.74 Å². The monoisotopic (exact) mass is 343 g/mol. The van der Waals surface area contributed by atoms with Crippen LogP contribution < -0.4 is 10.6 Å². The molecule has 1 aromatic carbocycles. The molecule has 0 fully saturated rings. The fourth-order valence-corrected chi connectivity index (χ4v) is 2.53. The molecule has 0 aliphatic carbocycles. The van der Waals surface area contributed by atoms with E-state index >= 15 is 0 Å². The molecular weight excluding hydrogens is 322 g/mol. The molecule has 5 nitrogen and oxygen atoms in total. The van der Waals surface area contributed by atoms with Gasteiger partial charge in [-0.3, -0.25) is 0 Å². The average molecular weight is 344 g/mol. The Balaban J connectivity index is 3.06. The van der Waals surface area contributed by atoms with Crippen molar-refractivity contribution >= 4 is 27.5 Å². The van der Waals surface area contributed by atoms with E-state index in [4.69, 9.17) is 15.7 Å². The summed E-state index contributed by atoms with van der Waals surface area (Å²) < 4.78 is 5.97. The second kappa shape index (κ2) is 8.11. The first-order chi connectivity index (χ1) is 9.54. The Morgan fingerprint density at radius 3 is 2.75 bits per heavy atom. The van der Waals surface area contributed by atoms with Crippen LogP contribution >= 0.6 is 15.9 Å². The fourth-order valence-electron chi connectivity index (χ4n) is 1.96. The Hall–Kier alpha value is -1.27. The molecule has 0 saturated carbocycles. The second-order valence-corrected chi connectivity index (χ2v) is 5.45. The third-order valence-corrected chi connectivity index (χ3v) is 3.98. The normalized spacial score (nSPS) is 13.3. The summed E-state index contributed by atoms with van der Waals surface area (Å²) in [4.78, 5) is 2.28. The molecule has 20 heavy (non-hydrogen) atoms. The van der Waals surface area contributed by atoms with Gasteiger partial charge in [0.1, 0.15) is 0 Å². The number of hydrogen-bond donors (Lipinski definition) is 2. The van der Waals surface area contributed by atoms with Gasteiger partial charge in [-0.05, 0) is 47.5 Å². The van der Waals surface area contributed by atoms with E-state index in [9.17, 15) is 0 Å². The quantitative estimate of drug-likeness (QED) is 0.345. The van der Waals surface area contributed by atoms with Gasteiger partial charge in [-0.2, -0.15) is 0 Å². The average Bonchev–Trinajstić information content (AvgIpc) is 2.46. The molecule has 1 unspecified atom stereocenters. The smallest absolute Gasteiger partial charge is 0.171 e. The minimum Gasteiger partial charge on any atom is -0.409 e. The van der Waals surface area contributed by atoms with Crippen molar-refractivity contribution in [3.8, 4) is 0 Å². The van der Waals surface area contributed by atoms with Gasteiger partial charge in [0.15, 0.2) is 5.84 Å². The number of benzene rings is 1. The predicted octanol–water partition coefficient (Wildman–Crippen LogP) is 2.79. The lowest BCUT2D eigenvalue weighted by Crippen LogP contribution is -2.35. The molecule has 0 aromatic heterocycles. The van der Waals surface area contributed by atoms with Crippen molar-refractivity contribution in [2.24, 2.45) is 10.9 Å². The molecule has 1 aromatic rings.